The summed E-state index contributed by atoms with van der Waals surface area (Å²) in [6.45, 7) is 4.63. The lowest BCUT2D eigenvalue weighted by Gasteiger charge is -2.15. The molecule has 0 aliphatic rings. The fourth-order valence-corrected chi connectivity index (χ4v) is 3.03. The summed E-state index contributed by atoms with van der Waals surface area (Å²) in [6.07, 6.45) is 6.51. The molecule has 116 valence electrons. The van der Waals surface area contributed by atoms with Gasteiger partial charge >= 0.3 is 5.97 Å². The number of carbonyl (C=O) groups excluding carboxylic acids is 1. The maximum absolute atomic E-state index is 12.2. The number of hydrogen-bond acceptors (Lipinski definition) is 3. The van der Waals surface area contributed by atoms with Gasteiger partial charge in [-0.05, 0) is 35.9 Å². The first-order chi connectivity index (χ1) is 10.1. The second-order valence-corrected chi connectivity index (χ2v) is 5.96. The van der Waals surface area contributed by atoms with Gasteiger partial charge in [0.2, 0.25) is 5.91 Å². The molecule has 1 heterocycles. The normalized spacial score (nSPS) is 11.2. The van der Waals surface area contributed by atoms with E-state index in [0.717, 1.165) is 42.2 Å². The highest BCUT2D eigenvalue weighted by atomic mass is 32.1. The minimum Gasteiger partial charge on any atom is -0.478 e. The molecule has 1 amide bonds. The first-order valence-corrected chi connectivity index (χ1v) is 8.21. The van der Waals surface area contributed by atoms with Gasteiger partial charge in [0, 0.05) is 16.9 Å². The Morgan fingerprint density at radius 1 is 1.33 bits per heavy atom. The van der Waals surface area contributed by atoms with Crippen LogP contribution in [-0.2, 0) is 16.1 Å². The summed E-state index contributed by atoms with van der Waals surface area (Å²) in [5, 5.41) is 13.5. The predicted molar refractivity (Wildman–Crippen MR) is 86.1 cm³/mol. The van der Waals surface area contributed by atoms with Gasteiger partial charge in [-0.3, -0.25) is 4.79 Å². The van der Waals surface area contributed by atoms with E-state index in [2.05, 4.69) is 19.2 Å². The van der Waals surface area contributed by atoms with Crippen LogP contribution in [0.2, 0.25) is 0 Å². The average molecular weight is 309 g/mol. The number of carbonyl (C=O) groups is 2. The highest BCUT2D eigenvalue weighted by Crippen LogP contribution is 2.19. The molecule has 21 heavy (non-hydrogen) atoms. The van der Waals surface area contributed by atoms with E-state index in [4.69, 9.17) is 5.11 Å². The molecular formula is C16H23NO3S. The zero-order chi connectivity index (χ0) is 15.7. The van der Waals surface area contributed by atoms with Crippen molar-refractivity contribution in [2.75, 3.05) is 0 Å². The fourth-order valence-electron chi connectivity index (χ4n) is 2.22. The van der Waals surface area contributed by atoms with Crippen LogP contribution in [0.25, 0.3) is 6.08 Å². The van der Waals surface area contributed by atoms with E-state index in [1.165, 1.54) is 11.3 Å². The van der Waals surface area contributed by atoms with Gasteiger partial charge in [-0.15, -0.1) is 11.3 Å². The van der Waals surface area contributed by atoms with Crippen LogP contribution in [0.3, 0.4) is 0 Å². The van der Waals surface area contributed by atoms with Gasteiger partial charge in [0.1, 0.15) is 0 Å². The van der Waals surface area contributed by atoms with Crippen LogP contribution >= 0.6 is 11.3 Å². The Kier molecular flexibility index (Phi) is 7.75. The van der Waals surface area contributed by atoms with Gasteiger partial charge in [0.05, 0.1) is 6.54 Å². The summed E-state index contributed by atoms with van der Waals surface area (Å²) < 4.78 is 0. The number of carboxylic acid groups (broad SMARTS) is 1. The van der Waals surface area contributed by atoms with Crippen molar-refractivity contribution in [3.8, 4) is 0 Å². The van der Waals surface area contributed by atoms with Crippen molar-refractivity contribution in [2.24, 2.45) is 5.92 Å². The Bertz CT molecular complexity index is 487. The summed E-state index contributed by atoms with van der Waals surface area (Å²) in [5.41, 5.74) is 0.852. The molecule has 0 radical (unpaired) electrons. The number of thiophene rings is 1. The van der Waals surface area contributed by atoms with Crippen molar-refractivity contribution in [1.29, 1.82) is 0 Å². The minimum atomic E-state index is -0.970. The summed E-state index contributed by atoms with van der Waals surface area (Å²) >= 11 is 1.52. The highest BCUT2D eigenvalue weighted by Gasteiger charge is 2.16. The van der Waals surface area contributed by atoms with E-state index in [0.29, 0.717) is 6.54 Å². The van der Waals surface area contributed by atoms with Crippen molar-refractivity contribution >= 4 is 29.3 Å². The molecule has 5 heteroatoms. The third-order valence-corrected chi connectivity index (χ3v) is 4.19. The van der Waals surface area contributed by atoms with E-state index >= 15 is 0 Å². The molecule has 0 saturated heterocycles. The lowest BCUT2D eigenvalue weighted by atomic mass is 9.97. The molecule has 0 aliphatic heterocycles. The van der Waals surface area contributed by atoms with Crippen LogP contribution < -0.4 is 5.32 Å². The third kappa shape index (κ3) is 6.12. The van der Waals surface area contributed by atoms with Gasteiger partial charge in [0.15, 0.2) is 0 Å². The minimum absolute atomic E-state index is 0.0815. The molecule has 0 saturated carbocycles. The molecule has 1 aromatic rings. The van der Waals surface area contributed by atoms with E-state index in [1.807, 2.05) is 11.4 Å². The zero-order valence-corrected chi connectivity index (χ0v) is 13.4. The monoisotopic (exact) mass is 309 g/mol. The lowest BCUT2D eigenvalue weighted by Crippen LogP contribution is -2.30. The van der Waals surface area contributed by atoms with Crippen LogP contribution in [0.5, 0.6) is 0 Å². The molecular weight excluding hydrogens is 286 g/mol. The molecule has 0 unspecified atom stereocenters. The molecule has 1 rings (SSSR count). The zero-order valence-electron chi connectivity index (χ0n) is 12.6. The van der Waals surface area contributed by atoms with Gasteiger partial charge in [-0.2, -0.15) is 0 Å². The lowest BCUT2D eigenvalue weighted by molar-refractivity contribution is -0.131. The summed E-state index contributed by atoms with van der Waals surface area (Å²) in [7, 11) is 0. The first-order valence-electron chi connectivity index (χ1n) is 7.33. The van der Waals surface area contributed by atoms with E-state index < -0.39 is 5.97 Å². The quantitative estimate of drug-likeness (QED) is 0.684. The van der Waals surface area contributed by atoms with Gasteiger partial charge in [0.25, 0.3) is 0 Å². The number of hydrogen-bond donors (Lipinski definition) is 2. The van der Waals surface area contributed by atoms with Crippen molar-refractivity contribution in [2.45, 2.75) is 46.1 Å². The van der Waals surface area contributed by atoms with E-state index in [9.17, 15) is 9.59 Å². The molecule has 2 N–H and O–H groups in total. The maximum atomic E-state index is 12.2. The topological polar surface area (TPSA) is 66.4 Å². The SMILES string of the molecule is CCCC(CCC)C(=O)NCc1sccc1/C=C/C(=O)O. The Labute approximate surface area is 129 Å². The van der Waals surface area contributed by atoms with Gasteiger partial charge in [-0.1, -0.05) is 26.7 Å². The van der Waals surface area contributed by atoms with Crippen LogP contribution in [0.4, 0.5) is 0 Å². The van der Waals surface area contributed by atoms with Gasteiger partial charge in [-0.25, -0.2) is 4.79 Å². The van der Waals surface area contributed by atoms with Crippen LogP contribution in [0.1, 0.15) is 50.0 Å². The van der Waals surface area contributed by atoms with E-state index in [1.54, 1.807) is 6.08 Å². The molecule has 0 atom stereocenters. The smallest absolute Gasteiger partial charge is 0.328 e. The Balaban J connectivity index is 2.60. The molecule has 0 aromatic carbocycles. The number of aliphatic carboxylic acids is 1. The first kappa shape index (κ1) is 17.4. The molecule has 1 aromatic heterocycles. The predicted octanol–water partition coefficient (Wildman–Crippen LogP) is 3.68. The molecule has 4 nitrogen and oxygen atoms in total. The average Bonchev–Trinajstić information content (AvgIpc) is 2.89. The van der Waals surface area contributed by atoms with Crippen LogP contribution in [0.15, 0.2) is 17.5 Å². The number of rotatable bonds is 9. The number of nitrogens with one attached hydrogen (secondary N) is 1. The molecule has 0 fully saturated rings. The van der Waals surface area contributed by atoms with Crippen molar-refractivity contribution in [1.82, 2.24) is 5.32 Å². The van der Waals surface area contributed by atoms with Crippen LogP contribution in [0, 0.1) is 5.92 Å². The van der Waals surface area contributed by atoms with E-state index in [-0.39, 0.29) is 11.8 Å². The molecule has 0 bridgehead atoms. The van der Waals surface area contributed by atoms with Crippen molar-refractivity contribution < 1.29 is 14.7 Å². The Morgan fingerprint density at radius 2 is 2.00 bits per heavy atom. The highest BCUT2D eigenvalue weighted by molar-refractivity contribution is 7.10. The van der Waals surface area contributed by atoms with Gasteiger partial charge < -0.3 is 10.4 Å². The fraction of sp³-hybridized carbons (Fsp3) is 0.500. The van der Waals surface area contributed by atoms with Crippen molar-refractivity contribution in [3.05, 3.63) is 28.0 Å². The second kappa shape index (κ2) is 9.34. The number of carboxylic acids is 1. The molecule has 0 aliphatic carbocycles. The second-order valence-electron chi connectivity index (χ2n) is 4.96. The standard InChI is InChI=1S/C16H23NO3S/c1-3-5-13(6-4-2)16(20)17-11-14-12(9-10-21-14)7-8-15(18)19/h7-10,13H,3-6,11H2,1-2H3,(H,17,20)(H,18,19)/b8-7+. The Hall–Kier alpha value is -1.62. The largest absolute Gasteiger partial charge is 0.478 e. The summed E-state index contributed by atoms with van der Waals surface area (Å²) in [5.74, 6) is -0.791. The summed E-state index contributed by atoms with van der Waals surface area (Å²) in [4.78, 5) is 23.7. The third-order valence-electron chi connectivity index (χ3n) is 3.25. The number of amides is 1. The van der Waals surface area contributed by atoms with Crippen molar-refractivity contribution in [3.63, 3.8) is 0 Å². The maximum Gasteiger partial charge on any atom is 0.328 e. The van der Waals surface area contributed by atoms with Crippen LogP contribution in [-0.4, -0.2) is 17.0 Å². The molecule has 0 spiro atoms. The summed E-state index contributed by atoms with van der Waals surface area (Å²) in [6, 6.07) is 1.86. The Morgan fingerprint density at radius 3 is 2.57 bits per heavy atom.